The molecule has 2 N–H and O–H groups in total. The Kier molecular flexibility index (Phi) is 6.00. The van der Waals surface area contributed by atoms with Crippen LogP contribution in [-0.2, 0) is 10.2 Å². The Morgan fingerprint density at radius 1 is 1.39 bits per heavy atom. The summed E-state index contributed by atoms with van der Waals surface area (Å²) in [6.07, 6.45) is 0.695. The largest absolute Gasteiger partial charge is 0.330 e. The topological polar surface area (TPSA) is 69.9 Å². The first kappa shape index (κ1) is 15.8. The van der Waals surface area contributed by atoms with E-state index >= 15 is 0 Å². The molecule has 0 aromatic heterocycles. The lowest BCUT2D eigenvalue weighted by atomic mass is 10.2. The molecule has 1 atom stereocenters. The quantitative estimate of drug-likeness (QED) is 0.714. The van der Waals surface area contributed by atoms with Crippen LogP contribution in [0.3, 0.4) is 0 Å². The second-order valence-corrected chi connectivity index (χ2v) is 6.84. The molecule has 0 amide bonds. The van der Waals surface area contributed by atoms with Gasteiger partial charge in [-0.05, 0) is 26.4 Å². The van der Waals surface area contributed by atoms with Crippen LogP contribution >= 0.6 is 0 Å². The van der Waals surface area contributed by atoms with E-state index < -0.39 is 10.2 Å². The van der Waals surface area contributed by atoms with Crippen molar-refractivity contribution in [2.45, 2.75) is 26.3 Å². The highest BCUT2D eigenvalue weighted by Crippen LogP contribution is 2.15. The fourth-order valence-electron chi connectivity index (χ4n) is 2.27. The van der Waals surface area contributed by atoms with E-state index in [0.29, 0.717) is 32.6 Å². The molecule has 1 unspecified atom stereocenters. The lowest BCUT2D eigenvalue weighted by molar-refractivity contribution is 0.131. The minimum absolute atomic E-state index is 0.279. The van der Waals surface area contributed by atoms with Crippen molar-refractivity contribution in [2.24, 2.45) is 5.73 Å². The Hall–Kier alpha value is -0.210. The van der Waals surface area contributed by atoms with Gasteiger partial charge in [-0.2, -0.15) is 17.0 Å². The highest BCUT2D eigenvalue weighted by atomic mass is 32.2. The lowest BCUT2D eigenvalue weighted by Gasteiger charge is -2.39. The third-order valence-electron chi connectivity index (χ3n) is 3.53. The van der Waals surface area contributed by atoms with Gasteiger partial charge in [0.15, 0.2) is 0 Å². The summed E-state index contributed by atoms with van der Waals surface area (Å²) >= 11 is 0. The van der Waals surface area contributed by atoms with Gasteiger partial charge in [-0.1, -0.05) is 6.92 Å². The van der Waals surface area contributed by atoms with Crippen LogP contribution in [0.5, 0.6) is 0 Å². The van der Waals surface area contributed by atoms with Crippen molar-refractivity contribution >= 4 is 10.2 Å². The third-order valence-corrected chi connectivity index (χ3v) is 5.49. The Morgan fingerprint density at radius 2 is 2.06 bits per heavy atom. The lowest BCUT2D eigenvalue weighted by Crippen LogP contribution is -2.56. The van der Waals surface area contributed by atoms with Crippen molar-refractivity contribution in [3.8, 4) is 0 Å². The second-order valence-electron chi connectivity index (χ2n) is 4.81. The van der Waals surface area contributed by atoms with Crippen LogP contribution in [0.25, 0.3) is 0 Å². The number of nitrogens with two attached hydrogens (primary N) is 1. The molecule has 0 aromatic carbocycles. The van der Waals surface area contributed by atoms with E-state index in [1.54, 1.807) is 11.4 Å². The van der Waals surface area contributed by atoms with E-state index in [0.717, 1.165) is 13.1 Å². The zero-order chi connectivity index (χ0) is 13.8. The predicted octanol–water partition coefficient (Wildman–Crippen LogP) is -0.462. The number of likely N-dealkylation sites (N-methyl/N-ethyl adjacent to an activating group) is 1. The summed E-state index contributed by atoms with van der Waals surface area (Å²) in [6.45, 7) is 8.11. The molecule has 6 nitrogen and oxygen atoms in total. The van der Waals surface area contributed by atoms with E-state index in [2.05, 4.69) is 18.7 Å². The molecule has 1 aliphatic heterocycles. The molecular weight excluding hydrogens is 252 g/mol. The molecule has 0 aliphatic carbocycles. The van der Waals surface area contributed by atoms with Gasteiger partial charge < -0.3 is 5.73 Å². The molecule has 1 aliphatic rings. The SMILES string of the molecule is CCN1CCN(S(=O)(=O)N(C)CCCN)CC1C. The van der Waals surface area contributed by atoms with Gasteiger partial charge in [-0.25, -0.2) is 0 Å². The van der Waals surface area contributed by atoms with Crippen LogP contribution in [0.4, 0.5) is 0 Å². The maximum atomic E-state index is 12.3. The van der Waals surface area contributed by atoms with E-state index in [1.165, 1.54) is 4.31 Å². The molecule has 0 spiro atoms. The van der Waals surface area contributed by atoms with Gasteiger partial charge in [0.1, 0.15) is 0 Å². The van der Waals surface area contributed by atoms with Gasteiger partial charge in [0.05, 0.1) is 0 Å². The van der Waals surface area contributed by atoms with E-state index in [-0.39, 0.29) is 6.04 Å². The number of nitrogens with zero attached hydrogens (tertiary/aromatic N) is 3. The number of hydrogen-bond donors (Lipinski definition) is 1. The molecule has 1 rings (SSSR count). The summed E-state index contributed by atoms with van der Waals surface area (Å²) in [5.41, 5.74) is 5.42. The molecule has 18 heavy (non-hydrogen) atoms. The summed E-state index contributed by atoms with van der Waals surface area (Å²) < 4.78 is 27.6. The standard InChI is InChI=1S/C11H26N4O2S/c1-4-14-8-9-15(10-11(14)2)18(16,17)13(3)7-5-6-12/h11H,4-10,12H2,1-3H3. The summed E-state index contributed by atoms with van der Waals surface area (Å²) in [7, 11) is -1.69. The van der Waals surface area contributed by atoms with Gasteiger partial charge in [-0.3, -0.25) is 4.90 Å². The fourth-order valence-corrected chi connectivity index (χ4v) is 3.74. The average molecular weight is 278 g/mol. The Labute approximate surface area is 111 Å². The van der Waals surface area contributed by atoms with Crippen molar-refractivity contribution in [1.82, 2.24) is 13.5 Å². The normalized spacial score (nSPS) is 23.7. The van der Waals surface area contributed by atoms with Gasteiger partial charge in [-0.15, -0.1) is 0 Å². The van der Waals surface area contributed by atoms with E-state index in [1.807, 2.05) is 0 Å². The summed E-state index contributed by atoms with van der Waals surface area (Å²) in [4.78, 5) is 2.30. The Balaban J connectivity index is 2.64. The minimum Gasteiger partial charge on any atom is -0.330 e. The zero-order valence-corrected chi connectivity index (χ0v) is 12.5. The first-order valence-electron chi connectivity index (χ1n) is 6.59. The van der Waals surface area contributed by atoms with Crippen LogP contribution < -0.4 is 5.73 Å². The maximum Gasteiger partial charge on any atom is 0.281 e. The van der Waals surface area contributed by atoms with Crippen molar-refractivity contribution in [3.63, 3.8) is 0 Å². The molecular formula is C11H26N4O2S. The molecule has 1 heterocycles. The van der Waals surface area contributed by atoms with Crippen molar-refractivity contribution in [3.05, 3.63) is 0 Å². The minimum atomic E-state index is -3.31. The predicted molar refractivity (Wildman–Crippen MR) is 73.5 cm³/mol. The average Bonchev–Trinajstić information content (AvgIpc) is 2.35. The molecule has 1 fully saturated rings. The molecule has 0 radical (unpaired) electrons. The van der Waals surface area contributed by atoms with Gasteiger partial charge in [0.2, 0.25) is 0 Å². The van der Waals surface area contributed by atoms with Crippen LogP contribution in [0.15, 0.2) is 0 Å². The highest BCUT2D eigenvalue weighted by Gasteiger charge is 2.32. The first-order valence-corrected chi connectivity index (χ1v) is 7.98. The molecule has 0 bridgehead atoms. The molecule has 0 saturated carbocycles. The molecule has 108 valence electrons. The highest BCUT2D eigenvalue weighted by molar-refractivity contribution is 7.86. The van der Waals surface area contributed by atoms with E-state index in [4.69, 9.17) is 5.73 Å². The van der Waals surface area contributed by atoms with Crippen LogP contribution in [-0.4, -0.2) is 74.3 Å². The van der Waals surface area contributed by atoms with Gasteiger partial charge >= 0.3 is 0 Å². The number of rotatable bonds is 6. The van der Waals surface area contributed by atoms with Crippen LogP contribution in [0.2, 0.25) is 0 Å². The van der Waals surface area contributed by atoms with Gasteiger partial charge in [0, 0.05) is 39.3 Å². The monoisotopic (exact) mass is 278 g/mol. The number of piperazine rings is 1. The summed E-state index contributed by atoms with van der Waals surface area (Å²) in [6, 6.07) is 0.279. The molecule has 7 heteroatoms. The van der Waals surface area contributed by atoms with Crippen LogP contribution in [0, 0.1) is 0 Å². The summed E-state index contributed by atoms with van der Waals surface area (Å²) in [5.74, 6) is 0. The Bertz CT molecular complexity index is 347. The third kappa shape index (κ3) is 3.64. The number of hydrogen-bond acceptors (Lipinski definition) is 4. The Morgan fingerprint density at radius 3 is 2.56 bits per heavy atom. The summed E-state index contributed by atoms with van der Waals surface area (Å²) in [5, 5.41) is 0. The molecule has 1 saturated heterocycles. The van der Waals surface area contributed by atoms with Crippen molar-refractivity contribution < 1.29 is 8.42 Å². The van der Waals surface area contributed by atoms with Crippen LogP contribution in [0.1, 0.15) is 20.3 Å². The van der Waals surface area contributed by atoms with E-state index in [9.17, 15) is 8.42 Å². The first-order chi connectivity index (χ1) is 8.43. The zero-order valence-electron chi connectivity index (χ0n) is 11.7. The smallest absolute Gasteiger partial charge is 0.281 e. The second kappa shape index (κ2) is 6.81. The van der Waals surface area contributed by atoms with Gasteiger partial charge in [0.25, 0.3) is 10.2 Å². The van der Waals surface area contributed by atoms with Crippen molar-refractivity contribution in [1.29, 1.82) is 0 Å². The maximum absolute atomic E-state index is 12.3. The fraction of sp³-hybridized carbons (Fsp3) is 1.00. The molecule has 0 aromatic rings. The van der Waals surface area contributed by atoms with Crippen molar-refractivity contribution in [2.75, 3.05) is 46.3 Å².